The third kappa shape index (κ3) is 1.70. The summed E-state index contributed by atoms with van der Waals surface area (Å²) in [5.74, 6) is 5.78. The van der Waals surface area contributed by atoms with Gasteiger partial charge in [-0.1, -0.05) is 12.1 Å². The number of ether oxygens (including phenoxy) is 1. The Labute approximate surface area is 65.5 Å². The molecule has 0 bridgehead atoms. The first kappa shape index (κ1) is 7.60. The Kier molecular flexibility index (Phi) is 2.49. The maximum Gasteiger partial charge on any atom is 0.127 e. The summed E-state index contributed by atoms with van der Waals surface area (Å²) in [4.78, 5) is 0. The lowest BCUT2D eigenvalue weighted by atomic mass is 10.2. The van der Waals surface area contributed by atoms with Gasteiger partial charge in [0.15, 0.2) is 0 Å². The molecule has 0 aliphatic heterocycles. The highest BCUT2D eigenvalue weighted by Crippen LogP contribution is 2.14. The molecule has 0 spiro atoms. The monoisotopic (exact) mass is 150 g/mol. The van der Waals surface area contributed by atoms with Crippen LogP contribution in [0.4, 0.5) is 0 Å². The minimum Gasteiger partial charge on any atom is -0.496 e. The topological polar surface area (TPSA) is 47.6 Å². The second kappa shape index (κ2) is 3.61. The van der Waals surface area contributed by atoms with Crippen molar-refractivity contribution in [2.75, 3.05) is 7.11 Å². The summed E-state index contributed by atoms with van der Waals surface area (Å²) in [6.45, 7) is 0. The molecule has 0 aromatic heterocycles. The SMILES string of the molecule is COc1ccccc1/C=N/N. The Morgan fingerprint density at radius 2 is 2.18 bits per heavy atom. The van der Waals surface area contributed by atoms with Crippen molar-refractivity contribution in [3.05, 3.63) is 29.8 Å². The molecule has 0 radical (unpaired) electrons. The third-order valence-corrected chi connectivity index (χ3v) is 1.35. The van der Waals surface area contributed by atoms with E-state index in [0.717, 1.165) is 11.3 Å². The summed E-state index contributed by atoms with van der Waals surface area (Å²) >= 11 is 0. The Balaban J connectivity index is 3.02. The molecule has 0 fully saturated rings. The number of hydrogen-bond acceptors (Lipinski definition) is 3. The zero-order chi connectivity index (χ0) is 8.10. The molecule has 0 aliphatic rings. The largest absolute Gasteiger partial charge is 0.496 e. The molecular formula is C8H10N2O. The van der Waals surface area contributed by atoms with Crippen LogP contribution < -0.4 is 10.6 Å². The molecule has 58 valence electrons. The van der Waals surface area contributed by atoms with E-state index < -0.39 is 0 Å². The van der Waals surface area contributed by atoms with Crippen LogP contribution in [0.3, 0.4) is 0 Å². The van der Waals surface area contributed by atoms with Crippen molar-refractivity contribution in [1.29, 1.82) is 0 Å². The first-order chi connectivity index (χ1) is 5.38. The summed E-state index contributed by atoms with van der Waals surface area (Å²) in [6, 6.07) is 7.54. The van der Waals surface area contributed by atoms with E-state index in [1.54, 1.807) is 13.3 Å². The van der Waals surface area contributed by atoms with Crippen LogP contribution >= 0.6 is 0 Å². The summed E-state index contributed by atoms with van der Waals surface area (Å²) < 4.78 is 5.05. The zero-order valence-corrected chi connectivity index (χ0v) is 6.32. The quantitative estimate of drug-likeness (QED) is 0.388. The van der Waals surface area contributed by atoms with Crippen LogP contribution in [0.25, 0.3) is 0 Å². The number of para-hydroxylation sites is 1. The highest BCUT2D eigenvalue weighted by Gasteiger charge is 1.95. The van der Waals surface area contributed by atoms with Gasteiger partial charge in [-0.3, -0.25) is 0 Å². The van der Waals surface area contributed by atoms with Gasteiger partial charge in [-0.25, -0.2) is 0 Å². The van der Waals surface area contributed by atoms with Gasteiger partial charge < -0.3 is 10.6 Å². The van der Waals surface area contributed by atoms with E-state index in [0.29, 0.717) is 0 Å². The molecule has 1 aromatic carbocycles. The average Bonchev–Trinajstić information content (AvgIpc) is 2.06. The van der Waals surface area contributed by atoms with Crippen molar-refractivity contribution in [3.63, 3.8) is 0 Å². The van der Waals surface area contributed by atoms with Crippen LogP contribution in [0.15, 0.2) is 29.4 Å². The molecule has 0 saturated carbocycles. The summed E-state index contributed by atoms with van der Waals surface area (Å²) in [7, 11) is 1.61. The van der Waals surface area contributed by atoms with Crippen LogP contribution in [-0.2, 0) is 0 Å². The number of methoxy groups -OCH3 is 1. The molecule has 3 nitrogen and oxygen atoms in total. The minimum absolute atomic E-state index is 0.779. The van der Waals surface area contributed by atoms with Gasteiger partial charge in [0.1, 0.15) is 5.75 Å². The second-order valence-electron chi connectivity index (χ2n) is 2.02. The van der Waals surface area contributed by atoms with Crippen LogP contribution in [0.2, 0.25) is 0 Å². The molecule has 0 heterocycles. The van der Waals surface area contributed by atoms with E-state index in [9.17, 15) is 0 Å². The Morgan fingerprint density at radius 1 is 1.45 bits per heavy atom. The van der Waals surface area contributed by atoms with Crippen LogP contribution in [0.1, 0.15) is 5.56 Å². The van der Waals surface area contributed by atoms with E-state index in [1.807, 2.05) is 24.3 Å². The molecule has 0 amide bonds. The van der Waals surface area contributed by atoms with Crippen molar-refractivity contribution < 1.29 is 4.74 Å². The summed E-state index contributed by atoms with van der Waals surface area (Å²) in [5, 5.41) is 3.41. The van der Waals surface area contributed by atoms with Gasteiger partial charge in [0.2, 0.25) is 0 Å². The number of benzene rings is 1. The highest BCUT2D eigenvalue weighted by molar-refractivity contribution is 5.83. The van der Waals surface area contributed by atoms with Crippen molar-refractivity contribution in [1.82, 2.24) is 0 Å². The van der Waals surface area contributed by atoms with Gasteiger partial charge in [-0.2, -0.15) is 5.10 Å². The van der Waals surface area contributed by atoms with Gasteiger partial charge >= 0.3 is 0 Å². The van der Waals surface area contributed by atoms with Crippen LogP contribution in [0.5, 0.6) is 5.75 Å². The van der Waals surface area contributed by atoms with Crippen molar-refractivity contribution >= 4 is 6.21 Å². The molecule has 0 unspecified atom stereocenters. The first-order valence-corrected chi connectivity index (χ1v) is 3.24. The van der Waals surface area contributed by atoms with E-state index >= 15 is 0 Å². The smallest absolute Gasteiger partial charge is 0.127 e. The fourth-order valence-electron chi connectivity index (χ4n) is 0.853. The molecule has 3 heteroatoms. The second-order valence-corrected chi connectivity index (χ2v) is 2.02. The van der Waals surface area contributed by atoms with Crippen LogP contribution in [0, 0.1) is 0 Å². The molecule has 0 saturated heterocycles. The Morgan fingerprint density at radius 3 is 2.82 bits per heavy atom. The summed E-state index contributed by atoms with van der Waals surface area (Å²) in [6.07, 6.45) is 1.55. The van der Waals surface area contributed by atoms with E-state index in [1.165, 1.54) is 0 Å². The fourth-order valence-corrected chi connectivity index (χ4v) is 0.853. The standard InChI is InChI=1S/C8H10N2O/c1-11-8-5-3-2-4-7(8)6-10-9/h2-6H,9H2,1H3/b10-6+. The van der Waals surface area contributed by atoms with E-state index in [2.05, 4.69) is 5.10 Å². The number of hydrazone groups is 1. The number of nitrogens with zero attached hydrogens (tertiary/aromatic N) is 1. The highest BCUT2D eigenvalue weighted by atomic mass is 16.5. The maximum atomic E-state index is 5.05. The minimum atomic E-state index is 0.779. The maximum absolute atomic E-state index is 5.05. The van der Waals surface area contributed by atoms with Crippen LogP contribution in [-0.4, -0.2) is 13.3 Å². The molecule has 11 heavy (non-hydrogen) atoms. The number of rotatable bonds is 2. The van der Waals surface area contributed by atoms with Gasteiger partial charge in [0.25, 0.3) is 0 Å². The van der Waals surface area contributed by atoms with Crippen molar-refractivity contribution in [2.45, 2.75) is 0 Å². The number of hydrogen-bond donors (Lipinski definition) is 1. The molecular weight excluding hydrogens is 140 g/mol. The van der Waals surface area contributed by atoms with E-state index in [4.69, 9.17) is 10.6 Å². The lowest BCUT2D eigenvalue weighted by molar-refractivity contribution is 0.414. The molecule has 2 N–H and O–H groups in total. The number of nitrogens with two attached hydrogens (primary N) is 1. The zero-order valence-electron chi connectivity index (χ0n) is 6.32. The van der Waals surface area contributed by atoms with Gasteiger partial charge in [-0.15, -0.1) is 0 Å². The summed E-state index contributed by atoms with van der Waals surface area (Å²) in [5.41, 5.74) is 0.887. The van der Waals surface area contributed by atoms with Crippen molar-refractivity contribution in [2.24, 2.45) is 10.9 Å². The Hall–Kier alpha value is -1.51. The third-order valence-electron chi connectivity index (χ3n) is 1.35. The van der Waals surface area contributed by atoms with Gasteiger partial charge in [0.05, 0.1) is 13.3 Å². The molecule has 0 atom stereocenters. The molecule has 0 aliphatic carbocycles. The average molecular weight is 150 g/mol. The molecule has 1 aromatic rings. The first-order valence-electron chi connectivity index (χ1n) is 3.24. The lowest BCUT2D eigenvalue weighted by Crippen LogP contribution is -1.91. The van der Waals surface area contributed by atoms with Crippen molar-refractivity contribution in [3.8, 4) is 5.75 Å². The molecule has 1 rings (SSSR count). The fraction of sp³-hybridized carbons (Fsp3) is 0.125. The predicted molar refractivity (Wildman–Crippen MR) is 44.8 cm³/mol. The van der Waals surface area contributed by atoms with Gasteiger partial charge in [0, 0.05) is 5.56 Å². The van der Waals surface area contributed by atoms with E-state index in [-0.39, 0.29) is 0 Å². The Bertz CT molecular complexity index is 258. The predicted octanol–water partition coefficient (Wildman–Crippen LogP) is 0.988. The normalized spacial score (nSPS) is 10.3. The van der Waals surface area contributed by atoms with Gasteiger partial charge in [-0.05, 0) is 12.1 Å². The lowest BCUT2D eigenvalue weighted by Gasteiger charge is -2.01.